The number of carbonyl (C=O) groups excluding carboxylic acids is 1. The van der Waals surface area contributed by atoms with Crippen molar-refractivity contribution in [3.63, 3.8) is 0 Å². The predicted octanol–water partition coefficient (Wildman–Crippen LogP) is 2.89. The maximum absolute atomic E-state index is 13.3. The maximum atomic E-state index is 13.3. The van der Waals surface area contributed by atoms with E-state index < -0.39 is 5.82 Å². The van der Waals surface area contributed by atoms with Gasteiger partial charge in [0.15, 0.2) is 0 Å². The third-order valence-electron chi connectivity index (χ3n) is 2.66. The number of benzene rings is 1. The van der Waals surface area contributed by atoms with Gasteiger partial charge in [-0.1, -0.05) is 19.1 Å². The molecule has 0 aliphatic rings. The molecule has 2 N–H and O–H groups in total. The summed E-state index contributed by atoms with van der Waals surface area (Å²) in [6, 6.07) is 6.45. The van der Waals surface area contributed by atoms with E-state index in [9.17, 15) is 9.18 Å². The lowest BCUT2D eigenvalue weighted by molar-refractivity contribution is -0.115. The first-order valence-corrected chi connectivity index (χ1v) is 7.64. The van der Waals surface area contributed by atoms with Crippen LogP contribution in [0, 0.1) is 5.82 Å². The molecule has 0 fully saturated rings. The largest absolute Gasteiger partial charge is 0.322 e. The van der Waals surface area contributed by atoms with Gasteiger partial charge in [0, 0.05) is 6.04 Å². The van der Waals surface area contributed by atoms with Crippen LogP contribution >= 0.6 is 11.8 Å². The smallest absolute Gasteiger partial charge is 0.238 e. The number of hydrogen-bond donors (Lipinski definition) is 2. The zero-order valence-corrected chi connectivity index (χ0v) is 12.2. The Morgan fingerprint density at radius 1 is 1.42 bits per heavy atom. The van der Waals surface area contributed by atoms with Crippen LogP contribution < -0.4 is 10.6 Å². The van der Waals surface area contributed by atoms with E-state index in [-0.39, 0.29) is 24.2 Å². The molecule has 0 bridgehead atoms. The highest BCUT2D eigenvalue weighted by molar-refractivity contribution is 7.99. The monoisotopic (exact) mass is 284 g/mol. The molecule has 0 aliphatic heterocycles. The van der Waals surface area contributed by atoms with Crippen molar-refractivity contribution in [3.05, 3.63) is 30.1 Å². The van der Waals surface area contributed by atoms with Crippen molar-refractivity contribution in [2.24, 2.45) is 0 Å². The molecule has 0 aliphatic carbocycles. The standard InChI is InChI=1S/C14H21FN2OS/c1-3-19-9-8-11(2)16-10-14(18)17-13-7-5-4-6-12(13)15/h4-7,11,16H,3,8-10H2,1-2H3,(H,17,18). The zero-order valence-electron chi connectivity index (χ0n) is 11.4. The SMILES string of the molecule is CCSCCC(C)NCC(=O)Nc1ccccc1F. The van der Waals surface area contributed by atoms with E-state index in [0.29, 0.717) is 0 Å². The van der Waals surface area contributed by atoms with E-state index in [1.165, 1.54) is 6.07 Å². The summed E-state index contributed by atoms with van der Waals surface area (Å²) in [4.78, 5) is 11.7. The highest BCUT2D eigenvalue weighted by Crippen LogP contribution is 2.11. The molecule has 0 spiro atoms. The summed E-state index contributed by atoms with van der Waals surface area (Å²) in [6.45, 7) is 4.38. The molecular weight excluding hydrogens is 263 g/mol. The Morgan fingerprint density at radius 3 is 2.84 bits per heavy atom. The van der Waals surface area contributed by atoms with Crippen LogP contribution in [-0.4, -0.2) is 30.0 Å². The van der Waals surface area contributed by atoms with Gasteiger partial charge in [0.05, 0.1) is 12.2 Å². The quantitative estimate of drug-likeness (QED) is 0.721. The number of hydrogen-bond acceptors (Lipinski definition) is 3. The van der Waals surface area contributed by atoms with Gasteiger partial charge in [0.1, 0.15) is 5.82 Å². The fourth-order valence-corrected chi connectivity index (χ4v) is 2.34. The van der Waals surface area contributed by atoms with Crippen LogP contribution in [0.5, 0.6) is 0 Å². The molecule has 3 nitrogen and oxygen atoms in total. The van der Waals surface area contributed by atoms with Gasteiger partial charge in [-0.05, 0) is 37.0 Å². The van der Waals surface area contributed by atoms with Gasteiger partial charge in [-0.15, -0.1) is 0 Å². The average Bonchev–Trinajstić information content (AvgIpc) is 2.39. The lowest BCUT2D eigenvalue weighted by atomic mass is 10.2. The Balaban J connectivity index is 2.26. The second kappa shape index (κ2) is 8.93. The van der Waals surface area contributed by atoms with E-state index in [1.54, 1.807) is 18.2 Å². The summed E-state index contributed by atoms with van der Waals surface area (Å²) in [6.07, 6.45) is 1.02. The molecule has 1 unspecified atom stereocenters. The van der Waals surface area contributed by atoms with E-state index in [0.717, 1.165) is 17.9 Å². The number of para-hydroxylation sites is 1. The third kappa shape index (κ3) is 6.59. The first kappa shape index (κ1) is 16.0. The second-order valence-electron chi connectivity index (χ2n) is 4.30. The van der Waals surface area contributed by atoms with Crippen LogP contribution in [-0.2, 0) is 4.79 Å². The van der Waals surface area contributed by atoms with E-state index in [4.69, 9.17) is 0 Å². The molecule has 0 aromatic heterocycles. The molecular formula is C14H21FN2OS. The topological polar surface area (TPSA) is 41.1 Å². The lowest BCUT2D eigenvalue weighted by Gasteiger charge is -2.13. The van der Waals surface area contributed by atoms with Crippen molar-refractivity contribution in [2.45, 2.75) is 26.3 Å². The van der Waals surface area contributed by atoms with Gasteiger partial charge in [-0.25, -0.2) is 4.39 Å². The molecule has 5 heteroatoms. The van der Waals surface area contributed by atoms with Gasteiger partial charge in [0.25, 0.3) is 0 Å². The second-order valence-corrected chi connectivity index (χ2v) is 5.69. The number of amides is 1. The van der Waals surface area contributed by atoms with E-state index in [1.807, 2.05) is 18.7 Å². The number of halogens is 1. The van der Waals surface area contributed by atoms with Gasteiger partial charge < -0.3 is 10.6 Å². The Bertz CT molecular complexity index is 401. The van der Waals surface area contributed by atoms with Crippen LogP contribution in [0.1, 0.15) is 20.3 Å². The molecule has 1 amide bonds. The van der Waals surface area contributed by atoms with Gasteiger partial charge >= 0.3 is 0 Å². The van der Waals surface area contributed by atoms with Crippen molar-refractivity contribution >= 4 is 23.4 Å². The van der Waals surface area contributed by atoms with E-state index >= 15 is 0 Å². The highest BCUT2D eigenvalue weighted by atomic mass is 32.2. The summed E-state index contributed by atoms with van der Waals surface area (Å²) >= 11 is 1.89. The lowest BCUT2D eigenvalue weighted by Crippen LogP contribution is -2.34. The fourth-order valence-electron chi connectivity index (χ4n) is 1.53. The van der Waals surface area contributed by atoms with Crippen LogP contribution in [0.4, 0.5) is 10.1 Å². The number of carbonyl (C=O) groups is 1. The summed E-state index contributed by atoms with van der Waals surface area (Å²) < 4.78 is 13.3. The maximum Gasteiger partial charge on any atom is 0.238 e. The number of rotatable bonds is 8. The minimum Gasteiger partial charge on any atom is -0.322 e. The van der Waals surface area contributed by atoms with Gasteiger partial charge in [-0.2, -0.15) is 11.8 Å². The predicted molar refractivity (Wildman–Crippen MR) is 80.1 cm³/mol. The average molecular weight is 284 g/mol. The minimum absolute atomic E-state index is 0.201. The van der Waals surface area contributed by atoms with Gasteiger partial charge in [0.2, 0.25) is 5.91 Å². The minimum atomic E-state index is -0.414. The van der Waals surface area contributed by atoms with Crippen LogP contribution in [0.3, 0.4) is 0 Å². The van der Waals surface area contributed by atoms with E-state index in [2.05, 4.69) is 17.6 Å². The first-order valence-electron chi connectivity index (χ1n) is 6.49. The molecule has 1 aromatic rings. The summed E-state index contributed by atoms with van der Waals surface area (Å²) in [5.41, 5.74) is 0.225. The van der Waals surface area contributed by atoms with Crippen molar-refractivity contribution in [3.8, 4) is 0 Å². The molecule has 106 valence electrons. The number of anilines is 1. The van der Waals surface area contributed by atoms with Crippen molar-refractivity contribution < 1.29 is 9.18 Å². The first-order chi connectivity index (χ1) is 9.13. The molecule has 0 saturated heterocycles. The summed E-state index contributed by atoms with van der Waals surface area (Å²) in [5, 5.41) is 5.68. The van der Waals surface area contributed by atoms with Crippen molar-refractivity contribution in [2.75, 3.05) is 23.4 Å². The molecule has 1 atom stereocenters. The van der Waals surface area contributed by atoms with Gasteiger partial charge in [-0.3, -0.25) is 4.79 Å². The Kier molecular flexibility index (Phi) is 7.52. The molecule has 1 aromatic carbocycles. The Labute approximate surface area is 118 Å². The highest BCUT2D eigenvalue weighted by Gasteiger charge is 2.08. The molecule has 0 heterocycles. The van der Waals surface area contributed by atoms with Crippen molar-refractivity contribution in [1.82, 2.24) is 5.32 Å². The molecule has 1 rings (SSSR count). The Hall–Kier alpha value is -1.07. The zero-order chi connectivity index (χ0) is 14.1. The molecule has 19 heavy (non-hydrogen) atoms. The summed E-state index contributed by atoms with van der Waals surface area (Å²) in [7, 11) is 0. The van der Waals surface area contributed by atoms with Crippen LogP contribution in [0.15, 0.2) is 24.3 Å². The van der Waals surface area contributed by atoms with Crippen LogP contribution in [0.2, 0.25) is 0 Å². The Morgan fingerprint density at radius 2 is 2.16 bits per heavy atom. The normalized spacial score (nSPS) is 12.2. The number of nitrogens with one attached hydrogen (secondary N) is 2. The number of thioether (sulfide) groups is 1. The van der Waals surface area contributed by atoms with Crippen molar-refractivity contribution in [1.29, 1.82) is 0 Å². The van der Waals surface area contributed by atoms with Crippen LogP contribution in [0.25, 0.3) is 0 Å². The summed E-state index contributed by atoms with van der Waals surface area (Å²) in [5.74, 6) is 1.56. The molecule has 0 radical (unpaired) electrons. The third-order valence-corrected chi connectivity index (χ3v) is 3.59. The fraction of sp³-hybridized carbons (Fsp3) is 0.500. The molecule has 0 saturated carbocycles.